The zero-order valence-corrected chi connectivity index (χ0v) is 8.04. The average molecular weight is 210 g/mol. The molecule has 1 aromatic carbocycles. The minimum atomic E-state index is -0.373. The Morgan fingerprint density at radius 2 is 2.07 bits per heavy atom. The second-order valence-corrected chi connectivity index (χ2v) is 2.96. The van der Waals surface area contributed by atoms with Gasteiger partial charge in [0, 0.05) is 0 Å². The van der Waals surface area contributed by atoms with E-state index in [0.29, 0.717) is 17.2 Å². The van der Waals surface area contributed by atoms with Crippen LogP contribution < -0.4 is 0 Å². The normalized spacial score (nSPS) is 10.4. The van der Waals surface area contributed by atoms with Gasteiger partial charge in [0.25, 0.3) is 5.89 Å². The van der Waals surface area contributed by atoms with Crippen molar-refractivity contribution >= 4 is 12.6 Å². The molecule has 0 radical (unpaired) electrons. The predicted octanol–water partition coefficient (Wildman–Crippen LogP) is 2.31. The summed E-state index contributed by atoms with van der Waals surface area (Å²) in [5.41, 5.74) is 0.313. The van der Waals surface area contributed by atoms with Crippen molar-refractivity contribution in [1.29, 1.82) is 0 Å². The molecule has 0 atom stereocenters. The first kappa shape index (κ1) is 9.21. The number of hydrogen-bond acceptors (Lipinski definition) is 4. The molecule has 0 unspecified atom stereocenters. The van der Waals surface area contributed by atoms with Crippen molar-refractivity contribution in [1.82, 2.24) is 10.2 Å². The Morgan fingerprint density at radius 3 is 2.71 bits per heavy atom. The Labute approximate surface area is 85.4 Å². The van der Waals surface area contributed by atoms with Crippen LogP contribution in [0.3, 0.4) is 0 Å². The predicted molar refractivity (Wildman–Crippen MR) is 52.4 cm³/mol. The van der Waals surface area contributed by atoms with E-state index >= 15 is 0 Å². The van der Waals surface area contributed by atoms with Crippen LogP contribution in [0.1, 0.15) is 5.89 Å². The largest absolute Gasteiger partial charge is 0.420 e. The van der Waals surface area contributed by atoms with Gasteiger partial charge in [0.2, 0.25) is 5.89 Å². The van der Waals surface area contributed by atoms with Gasteiger partial charge < -0.3 is 4.42 Å². The third-order valence-corrected chi connectivity index (χ3v) is 1.98. The molecule has 0 fully saturated rings. The van der Waals surface area contributed by atoms with Crippen molar-refractivity contribution in [3.63, 3.8) is 0 Å². The summed E-state index contributed by atoms with van der Waals surface area (Å²) < 4.78 is 18.4. The number of benzene rings is 1. The molecule has 1 aromatic heterocycles. The van der Waals surface area contributed by atoms with Gasteiger partial charge in [-0.15, -0.1) is 10.2 Å². The second kappa shape index (κ2) is 3.79. The van der Waals surface area contributed by atoms with Gasteiger partial charge in [-0.3, -0.25) is 0 Å². The SMILES string of the molecule is Fc1ccccc1-c1nnc(CS)o1. The number of hydrogen-bond donors (Lipinski definition) is 1. The monoisotopic (exact) mass is 210 g/mol. The molecule has 3 nitrogen and oxygen atoms in total. The summed E-state index contributed by atoms with van der Waals surface area (Å²) in [4.78, 5) is 0. The van der Waals surface area contributed by atoms with Crippen LogP contribution in [-0.4, -0.2) is 10.2 Å². The van der Waals surface area contributed by atoms with Crippen molar-refractivity contribution in [2.24, 2.45) is 0 Å². The molecule has 0 aliphatic heterocycles. The summed E-state index contributed by atoms with van der Waals surface area (Å²) in [5.74, 6) is 0.544. The maximum atomic E-state index is 13.2. The van der Waals surface area contributed by atoms with Crippen LogP contribution in [0.4, 0.5) is 4.39 Å². The highest BCUT2D eigenvalue weighted by atomic mass is 32.1. The molecular weight excluding hydrogens is 203 g/mol. The zero-order chi connectivity index (χ0) is 9.97. The lowest BCUT2D eigenvalue weighted by Gasteiger charge is -1.94. The van der Waals surface area contributed by atoms with E-state index in [1.54, 1.807) is 18.2 Å². The van der Waals surface area contributed by atoms with Crippen LogP contribution in [0.15, 0.2) is 28.7 Å². The van der Waals surface area contributed by atoms with Crippen LogP contribution in [0, 0.1) is 5.82 Å². The van der Waals surface area contributed by atoms with Crippen LogP contribution >= 0.6 is 12.6 Å². The second-order valence-electron chi connectivity index (χ2n) is 2.64. The van der Waals surface area contributed by atoms with Crippen molar-refractivity contribution in [2.75, 3.05) is 0 Å². The lowest BCUT2D eigenvalue weighted by Crippen LogP contribution is -1.82. The Hall–Kier alpha value is -1.36. The Bertz CT molecular complexity index is 444. The van der Waals surface area contributed by atoms with E-state index in [4.69, 9.17) is 4.42 Å². The van der Waals surface area contributed by atoms with E-state index in [2.05, 4.69) is 22.8 Å². The van der Waals surface area contributed by atoms with Crippen LogP contribution in [0.2, 0.25) is 0 Å². The molecule has 0 bridgehead atoms. The molecule has 0 aliphatic rings. The first-order valence-electron chi connectivity index (χ1n) is 3.99. The standard InChI is InChI=1S/C9H7FN2OS/c10-7-4-2-1-3-6(7)9-12-11-8(5-14)13-9/h1-4,14H,5H2. The zero-order valence-electron chi connectivity index (χ0n) is 7.14. The summed E-state index contributed by atoms with van der Waals surface area (Å²) in [6.45, 7) is 0. The molecule has 1 heterocycles. The summed E-state index contributed by atoms with van der Waals surface area (Å²) >= 11 is 3.97. The molecule has 0 saturated heterocycles. The summed E-state index contributed by atoms with van der Waals surface area (Å²) in [5, 5.41) is 7.40. The van der Waals surface area contributed by atoms with E-state index in [-0.39, 0.29) is 11.7 Å². The third-order valence-electron chi connectivity index (χ3n) is 1.71. The fourth-order valence-corrected chi connectivity index (χ4v) is 1.19. The van der Waals surface area contributed by atoms with E-state index in [1.165, 1.54) is 6.07 Å². The van der Waals surface area contributed by atoms with Gasteiger partial charge in [-0.05, 0) is 12.1 Å². The molecule has 0 spiro atoms. The molecule has 2 rings (SSSR count). The van der Waals surface area contributed by atoms with Crippen LogP contribution in [0.25, 0.3) is 11.5 Å². The van der Waals surface area contributed by atoms with Crippen molar-refractivity contribution in [3.05, 3.63) is 36.0 Å². The smallest absolute Gasteiger partial charge is 0.250 e. The molecule has 5 heteroatoms. The highest BCUT2D eigenvalue weighted by molar-refractivity contribution is 7.79. The lowest BCUT2D eigenvalue weighted by atomic mass is 10.2. The van der Waals surface area contributed by atoms with Gasteiger partial charge in [0.05, 0.1) is 11.3 Å². The molecule has 0 N–H and O–H groups in total. The van der Waals surface area contributed by atoms with Crippen molar-refractivity contribution in [2.45, 2.75) is 5.75 Å². The van der Waals surface area contributed by atoms with Crippen molar-refractivity contribution in [3.8, 4) is 11.5 Å². The van der Waals surface area contributed by atoms with Gasteiger partial charge in [-0.1, -0.05) is 12.1 Å². The number of rotatable bonds is 2. The van der Waals surface area contributed by atoms with E-state index in [0.717, 1.165) is 0 Å². The topological polar surface area (TPSA) is 38.9 Å². The molecular formula is C9H7FN2OS. The van der Waals surface area contributed by atoms with Crippen molar-refractivity contribution < 1.29 is 8.81 Å². The Balaban J connectivity index is 2.44. The van der Waals surface area contributed by atoms with E-state index in [9.17, 15) is 4.39 Å². The average Bonchev–Trinajstić information content (AvgIpc) is 2.67. The minimum Gasteiger partial charge on any atom is -0.420 e. The molecule has 0 saturated carbocycles. The number of aromatic nitrogens is 2. The summed E-state index contributed by atoms with van der Waals surface area (Å²) in [7, 11) is 0. The van der Waals surface area contributed by atoms with Crippen LogP contribution in [0.5, 0.6) is 0 Å². The molecule has 14 heavy (non-hydrogen) atoms. The summed E-state index contributed by atoms with van der Waals surface area (Å²) in [6, 6.07) is 6.25. The molecule has 2 aromatic rings. The quantitative estimate of drug-likeness (QED) is 0.773. The van der Waals surface area contributed by atoms with Gasteiger partial charge in [0.15, 0.2) is 0 Å². The van der Waals surface area contributed by atoms with Gasteiger partial charge >= 0.3 is 0 Å². The van der Waals surface area contributed by atoms with E-state index in [1.807, 2.05) is 0 Å². The van der Waals surface area contributed by atoms with Crippen LogP contribution in [-0.2, 0) is 5.75 Å². The van der Waals surface area contributed by atoms with Gasteiger partial charge in [0.1, 0.15) is 5.82 Å². The van der Waals surface area contributed by atoms with E-state index < -0.39 is 0 Å². The fraction of sp³-hybridized carbons (Fsp3) is 0.111. The minimum absolute atomic E-state index is 0.187. The maximum Gasteiger partial charge on any atom is 0.250 e. The molecule has 0 amide bonds. The highest BCUT2D eigenvalue weighted by Gasteiger charge is 2.10. The fourth-order valence-electron chi connectivity index (χ4n) is 1.06. The molecule has 0 aliphatic carbocycles. The van der Waals surface area contributed by atoms with Gasteiger partial charge in [-0.2, -0.15) is 12.6 Å². The third kappa shape index (κ3) is 1.63. The Morgan fingerprint density at radius 1 is 1.29 bits per heavy atom. The molecule has 72 valence electrons. The first-order valence-corrected chi connectivity index (χ1v) is 4.62. The number of halogens is 1. The summed E-state index contributed by atoms with van der Waals surface area (Å²) in [6.07, 6.45) is 0. The maximum absolute atomic E-state index is 13.2. The lowest BCUT2D eigenvalue weighted by molar-refractivity contribution is 0.523. The number of nitrogens with zero attached hydrogens (tertiary/aromatic N) is 2. The Kier molecular flexibility index (Phi) is 2.49. The highest BCUT2D eigenvalue weighted by Crippen LogP contribution is 2.21. The van der Waals surface area contributed by atoms with Gasteiger partial charge in [-0.25, -0.2) is 4.39 Å². The first-order chi connectivity index (χ1) is 6.81. The number of thiol groups is 1.